The highest BCUT2D eigenvalue weighted by Crippen LogP contribution is 2.31. The van der Waals surface area contributed by atoms with Gasteiger partial charge in [0.2, 0.25) is 0 Å². The van der Waals surface area contributed by atoms with Crippen LogP contribution in [0.4, 0.5) is 0 Å². The van der Waals surface area contributed by atoms with Gasteiger partial charge in [0.15, 0.2) is 0 Å². The van der Waals surface area contributed by atoms with Crippen LogP contribution in [0.1, 0.15) is 15.9 Å². The van der Waals surface area contributed by atoms with Gasteiger partial charge in [-0.3, -0.25) is 4.79 Å². The number of carbonyl (C=O) groups excluding carboxylic acids is 1. The summed E-state index contributed by atoms with van der Waals surface area (Å²) in [5, 5.41) is 3.27. The maximum absolute atomic E-state index is 13.2. The molecule has 0 aliphatic carbocycles. The summed E-state index contributed by atoms with van der Waals surface area (Å²) in [5.41, 5.74) is 2.42. The zero-order chi connectivity index (χ0) is 26.3. The molecule has 0 unspecified atom stereocenters. The molecule has 1 N–H and O–H groups in total. The molecule has 0 saturated carbocycles. The lowest BCUT2D eigenvalue weighted by Gasteiger charge is -2.13. The third-order valence-corrected chi connectivity index (χ3v) is 7.49. The van der Waals surface area contributed by atoms with Crippen molar-refractivity contribution >= 4 is 45.6 Å². The van der Waals surface area contributed by atoms with Crippen LogP contribution in [0, 0.1) is 0 Å². The number of nitrogens with one attached hydrogen (secondary N) is 1. The normalized spacial score (nSPS) is 11.5. The van der Waals surface area contributed by atoms with E-state index in [0.717, 1.165) is 16.0 Å². The van der Waals surface area contributed by atoms with Gasteiger partial charge in [-0.25, -0.2) is 0 Å². The number of carbonyl (C=O) groups is 1. The molecule has 0 saturated heterocycles. The van der Waals surface area contributed by atoms with Crippen molar-refractivity contribution in [3.8, 4) is 16.9 Å². The van der Waals surface area contributed by atoms with Crippen molar-refractivity contribution in [2.75, 3.05) is 34.0 Å². The quantitative estimate of drug-likeness (QED) is 0.219. The van der Waals surface area contributed by atoms with Gasteiger partial charge in [-0.1, -0.05) is 35.9 Å². The van der Waals surface area contributed by atoms with Crippen LogP contribution in [0.5, 0.6) is 5.75 Å². The molecule has 0 aromatic heterocycles. The third-order valence-electron chi connectivity index (χ3n) is 5.25. The van der Waals surface area contributed by atoms with Gasteiger partial charge in [0.1, 0.15) is 12.1 Å². The Labute approximate surface area is 221 Å². The van der Waals surface area contributed by atoms with Gasteiger partial charge in [0.05, 0.1) is 17.6 Å². The number of ether oxygens (including phenoxy) is 1. The Morgan fingerprint density at radius 1 is 1.11 bits per heavy atom. The van der Waals surface area contributed by atoms with E-state index in [9.17, 15) is 13.2 Å². The van der Waals surface area contributed by atoms with E-state index in [1.807, 2.05) is 36.6 Å². The van der Waals surface area contributed by atoms with Crippen LogP contribution in [-0.4, -0.2) is 59.6 Å². The van der Waals surface area contributed by atoms with E-state index in [1.54, 1.807) is 61.1 Å². The van der Waals surface area contributed by atoms with Crippen molar-refractivity contribution in [3.63, 3.8) is 0 Å². The number of amides is 1. The van der Waals surface area contributed by atoms with E-state index in [2.05, 4.69) is 9.71 Å². The zero-order valence-corrected chi connectivity index (χ0v) is 22.9. The number of rotatable bonds is 10. The Hall–Kier alpha value is -3.01. The molecule has 36 heavy (non-hydrogen) atoms. The van der Waals surface area contributed by atoms with Crippen molar-refractivity contribution in [1.82, 2.24) is 10.2 Å². The van der Waals surface area contributed by atoms with Crippen molar-refractivity contribution in [2.24, 2.45) is 4.40 Å². The molecule has 3 aromatic carbocycles. The highest BCUT2D eigenvalue weighted by Gasteiger charge is 2.20. The summed E-state index contributed by atoms with van der Waals surface area (Å²) in [5.74, 6) is 0.0872. The third kappa shape index (κ3) is 7.02. The maximum Gasteiger partial charge on any atom is 0.284 e. The fourth-order valence-corrected chi connectivity index (χ4v) is 5.20. The number of halogens is 1. The molecule has 3 rings (SSSR count). The SMILES string of the molecule is COc1ccc(Cl)cc1C(=O)NCCc1ccc(-c2ccc(SC)cc2)c(S(=O)(=O)N=CN(C)C)c1. The monoisotopic (exact) mass is 545 g/mol. The Morgan fingerprint density at radius 2 is 1.83 bits per heavy atom. The fraction of sp³-hybridized carbons (Fsp3) is 0.231. The van der Waals surface area contributed by atoms with Crippen molar-refractivity contribution in [1.29, 1.82) is 0 Å². The molecule has 7 nitrogen and oxygen atoms in total. The van der Waals surface area contributed by atoms with Crippen LogP contribution in [0.2, 0.25) is 5.02 Å². The molecule has 0 aliphatic rings. The van der Waals surface area contributed by atoms with Gasteiger partial charge in [0, 0.05) is 36.1 Å². The molecular formula is C26H28ClN3O4S2. The highest BCUT2D eigenvalue weighted by atomic mass is 35.5. The Kier molecular flexibility index (Phi) is 9.42. The van der Waals surface area contributed by atoms with Gasteiger partial charge >= 0.3 is 0 Å². The second-order valence-corrected chi connectivity index (χ2v) is 11.0. The Balaban J connectivity index is 1.87. The zero-order valence-electron chi connectivity index (χ0n) is 20.5. The first-order chi connectivity index (χ1) is 17.1. The van der Waals surface area contributed by atoms with Crippen molar-refractivity contribution < 1.29 is 17.9 Å². The Morgan fingerprint density at radius 3 is 2.47 bits per heavy atom. The standard InChI is InChI=1S/C26H28ClN3O4S2/c1-30(2)17-29-36(32,33)25-15-18(5-11-22(25)19-6-9-21(35-4)10-7-19)13-14-28-26(31)23-16-20(27)8-12-24(23)34-3/h5-12,15-17H,13-14H2,1-4H3,(H,28,31). The Bertz CT molecular complexity index is 1360. The summed E-state index contributed by atoms with van der Waals surface area (Å²) < 4.78 is 35.4. The van der Waals surface area contributed by atoms with E-state index in [0.29, 0.717) is 28.3 Å². The van der Waals surface area contributed by atoms with E-state index in [1.165, 1.54) is 13.4 Å². The summed E-state index contributed by atoms with van der Waals surface area (Å²) in [7, 11) is 0.924. The molecule has 0 fully saturated rings. The summed E-state index contributed by atoms with van der Waals surface area (Å²) in [6.07, 6.45) is 3.67. The summed E-state index contributed by atoms with van der Waals surface area (Å²) in [6, 6.07) is 17.8. The molecule has 0 bridgehead atoms. The number of hydrogen-bond acceptors (Lipinski definition) is 5. The smallest absolute Gasteiger partial charge is 0.284 e. The number of methoxy groups -OCH3 is 1. The minimum Gasteiger partial charge on any atom is -0.496 e. The van der Waals surface area contributed by atoms with Crippen LogP contribution in [-0.2, 0) is 16.4 Å². The molecule has 0 radical (unpaired) electrons. The number of nitrogens with zero attached hydrogens (tertiary/aromatic N) is 2. The first-order valence-corrected chi connectivity index (χ1v) is 14.0. The lowest BCUT2D eigenvalue weighted by Crippen LogP contribution is -2.26. The topological polar surface area (TPSA) is 88.1 Å². The van der Waals surface area contributed by atoms with Crippen LogP contribution >= 0.6 is 23.4 Å². The van der Waals surface area contributed by atoms with Crippen LogP contribution < -0.4 is 10.1 Å². The predicted octanol–water partition coefficient (Wildman–Crippen LogP) is 4.99. The predicted molar refractivity (Wildman–Crippen MR) is 147 cm³/mol. The van der Waals surface area contributed by atoms with E-state index in [4.69, 9.17) is 16.3 Å². The average Bonchev–Trinajstić information content (AvgIpc) is 2.87. The molecule has 190 valence electrons. The number of benzene rings is 3. The van der Waals surface area contributed by atoms with Crippen LogP contribution in [0.25, 0.3) is 11.1 Å². The van der Waals surface area contributed by atoms with Crippen LogP contribution in [0.3, 0.4) is 0 Å². The first kappa shape index (κ1) is 27.6. The lowest BCUT2D eigenvalue weighted by atomic mass is 10.0. The van der Waals surface area contributed by atoms with Gasteiger partial charge in [-0.2, -0.15) is 8.42 Å². The van der Waals surface area contributed by atoms with Gasteiger partial charge in [-0.15, -0.1) is 16.2 Å². The van der Waals surface area contributed by atoms with E-state index in [-0.39, 0.29) is 17.3 Å². The molecule has 0 aliphatic heterocycles. The van der Waals surface area contributed by atoms with Gasteiger partial charge in [0.25, 0.3) is 15.9 Å². The van der Waals surface area contributed by atoms with Gasteiger partial charge in [-0.05, 0) is 60.2 Å². The second-order valence-electron chi connectivity index (χ2n) is 8.07. The summed E-state index contributed by atoms with van der Waals surface area (Å²) in [4.78, 5) is 15.4. The summed E-state index contributed by atoms with van der Waals surface area (Å²) >= 11 is 7.64. The van der Waals surface area contributed by atoms with Crippen LogP contribution in [0.15, 0.2) is 74.9 Å². The average molecular weight is 546 g/mol. The molecule has 1 amide bonds. The second kappa shape index (κ2) is 12.3. The minimum atomic E-state index is -3.97. The minimum absolute atomic E-state index is 0.109. The number of hydrogen-bond donors (Lipinski definition) is 1. The molecule has 10 heteroatoms. The van der Waals surface area contributed by atoms with Crippen molar-refractivity contribution in [2.45, 2.75) is 16.2 Å². The lowest BCUT2D eigenvalue weighted by molar-refractivity contribution is 0.0951. The molecule has 0 spiro atoms. The molecule has 3 aromatic rings. The fourth-order valence-electron chi connectivity index (χ4n) is 3.43. The summed E-state index contributed by atoms with van der Waals surface area (Å²) in [6.45, 7) is 0.288. The first-order valence-electron chi connectivity index (χ1n) is 11.0. The molecule has 0 atom stereocenters. The molecule has 0 heterocycles. The number of thioether (sulfide) groups is 1. The largest absolute Gasteiger partial charge is 0.496 e. The van der Waals surface area contributed by atoms with Gasteiger partial charge < -0.3 is 15.0 Å². The highest BCUT2D eigenvalue weighted by molar-refractivity contribution is 7.98. The van der Waals surface area contributed by atoms with E-state index < -0.39 is 10.0 Å². The molecular weight excluding hydrogens is 518 g/mol. The number of sulfonamides is 1. The van der Waals surface area contributed by atoms with E-state index >= 15 is 0 Å². The van der Waals surface area contributed by atoms with Crippen molar-refractivity contribution in [3.05, 3.63) is 76.8 Å². The maximum atomic E-state index is 13.2.